The molecule has 0 heterocycles. The highest BCUT2D eigenvalue weighted by Crippen LogP contribution is 2.09. The van der Waals surface area contributed by atoms with Crippen molar-refractivity contribution in [3.05, 3.63) is 35.6 Å². The zero-order valence-electron chi connectivity index (χ0n) is 11.0. The Kier molecular flexibility index (Phi) is 5.48. The van der Waals surface area contributed by atoms with Gasteiger partial charge in [0, 0.05) is 0 Å². The molecule has 1 rings (SSSR count). The van der Waals surface area contributed by atoms with Crippen LogP contribution in [0.5, 0.6) is 0 Å². The molecule has 0 fully saturated rings. The zero-order chi connectivity index (χ0) is 14.4. The van der Waals surface area contributed by atoms with Crippen LogP contribution in [0.1, 0.15) is 25.8 Å². The Hall–Kier alpha value is -1.91. The average Bonchev–Trinajstić information content (AvgIpc) is 2.30. The predicted octanol–water partition coefficient (Wildman–Crippen LogP) is 1.98. The Labute approximate surface area is 111 Å². The summed E-state index contributed by atoms with van der Waals surface area (Å²) in [4.78, 5) is 22.7. The molecule has 0 aliphatic rings. The lowest BCUT2D eigenvalue weighted by Gasteiger charge is -2.16. The number of amides is 1. The van der Waals surface area contributed by atoms with Gasteiger partial charge in [-0.05, 0) is 24.0 Å². The minimum absolute atomic E-state index is 0.148. The van der Waals surface area contributed by atoms with Gasteiger partial charge >= 0.3 is 5.97 Å². The predicted molar refractivity (Wildman–Crippen MR) is 69.1 cm³/mol. The molecule has 104 valence electrons. The van der Waals surface area contributed by atoms with E-state index < -0.39 is 23.7 Å². The van der Waals surface area contributed by atoms with Crippen molar-refractivity contribution in [3.8, 4) is 0 Å². The maximum atomic E-state index is 13.4. The third-order valence-electron chi connectivity index (χ3n) is 2.65. The van der Waals surface area contributed by atoms with Crippen molar-refractivity contribution in [1.29, 1.82) is 0 Å². The molecule has 0 radical (unpaired) electrons. The molecule has 0 bridgehead atoms. The first kappa shape index (κ1) is 15.1. The summed E-state index contributed by atoms with van der Waals surface area (Å²) in [5, 5.41) is 11.4. The molecule has 0 aliphatic heterocycles. The number of benzene rings is 1. The summed E-state index contributed by atoms with van der Waals surface area (Å²) < 4.78 is 13.4. The van der Waals surface area contributed by atoms with Gasteiger partial charge < -0.3 is 10.4 Å². The summed E-state index contributed by atoms with van der Waals surface area (Å²) >= 11 is 0. The number of carbonyl (C=O) groups excluding carboxylic acids is 1. The molecule has 0 unspecified atom stereocenters. The lowest BCUT2D eigenvalue weighted by Crippen LogP contribution is -2.42. The third-order valence-corrected chi connectivity index (χ3v) is 2.65. The Morgan fingerprint density at radius 2 is 1.95 bits per heavy atom. The van der Waals surface area contributed by atoms with Crippen LogP contribution in [0.25, 0.3) is 0 Å². The summed E-state index contributed by atoms with van der Waals surface area (Å²) in [5.74, 6) is -1.88. The van der Waals surface area contributed by atoms with Crippen LogP contribution in [0.15, 0.2) is 24.3 Å². The van der Waals surface area contributed by atoms with E-state index in [9.17, 15) is 14.0 Å². The summed E-state index contributed by atoms with van der Waals surface area (Å²) in [7, 11) is 0. The first-order valence-corrected chi connectivity index (χ1v) is 6.15. The minimum Gasteiger partial charge on any atom is -0.480 e. The number of rotatable bonds is 6. The summed E-state index contributed by atoms with van der Waals surface area (Å²) in [6.07, 6.45) is 0.187. The minimum atomic E-state index is -1.07. The molecule has 0 aliphatic carbocycles. The van der Waals surface area contributed by atoms with Gasteiger partial charge in [0.05, 0.1) is 6.42 Å². The smallest absolute Gasteiger partial charge is 0.326 e. The normalized spacial score (nSPS) is 12.2. The SMILES string of the molecule is CC(C)C[C@H](NC(=O)Cc1ccccc1F)C(=O)O. The lowest BCUT2D eigenvalue weighted by atomic mass is 10.0. The largest absolute Gasteiger partial charge is 0.480 e. The van der Waals surface area contributed by atoms with Gasteiger partial charge in [-0.15, -0.1) is 0 Å². The molecule has 19 heavy (non-hydrogen) atoms. The van der Waals surface area contributed by atoms with Crippen LogP contribution < -0.4 is 5.32 Å². The fourth-order valence-electron chi connectivity index (χ4n) is 1.75. The van der Waals surface area contributed by atoms with E-state index in [1.54, 1.807) is 6.07 Å². The van der Waals surface area contributed by atoms with Crippen LogP contribution in [0.4, 0.5) is 4.39 Å². The van der Waals surface area contributed by atoms with Crippen LogP contribution in [0.2, 0.25) is 0 Å². The maximum absolute atomic E-state index is 13.4. The van der Waals surface area contributed by atoms with Gasteiger partial charge in [0.25, 0.3) is 0 Å². The van der Waals surface area contributed by atoms with E-state index >= 15 is 0 Å². The molecule has 1 amide bonds. The van der Waals surface area contributed by atoms with Crippen molar-refractivity contribution in [2.24, 2.45) is 5.92 Å². The second kappa shape index (κ2) is 6.87. The fourth-order valence-corrected chi connectivity index (χ4v) is 1.75. The van der Waals surface area contributed by atoms with E-state index in [0.717, 1.165) is 0 Å². The highest BCUT2D eigenvalue weighted by Gasteiger charge is 2.21. The molecule has 0 spiro atoms. The van der Waals surface area contributed by atoms with Crippen molar-refractivity contribution in [3.63, 3.8) is 0 Å². The maximum Gasteiger partial charge on any atom is 0.326 e. The molecule has 2 N–H and O–H groups in total. The van der Waals surface area contributed by atoms with E-state index in [4.69, 9.17) is 5.11 Å². The van der Waals surface area contributed by atoms with Crippen molar-refractivity contribution in [2.45, 2.75) is 32.7 Å². The second-order valence-corrected chi connectivity index (χ2v) is 4.86. The Balaban J connectivity index is 2.63. The molecular weight excluding hydrogens is 249 g/mol. The monoisotopic (exact) mass is 267 g/mol. The number of carboxylic acids is 1. The van der Waals surface area contributed by atoms with Gasteiger partial charge in [-0.2, -0.15) is 0 Å². The van der Waals surface area contributed by atoms with E-state index in [2.05, 4.69) is 5.32 Å². The topological polar surface area (TPSA) is 66.4 Å². The molecule has 1 aromatic carbocycles. The molecule has 0 saturated heterocycles. The molecule has 1 aromatic rings. The third kappa shape index (κ3) is 5.07. The number of carboxylic acid groups (broad SMARTS) is 1. The van der Waals surface area contributed by atoms with Crippen molar-refractivity contribution < 1.29 is 19.1 Å². The standard InChI is InChI=1S/C14H18FNO3/c1-9(2)7-12(14(18)19)16-13(17)8-10-5-3-4-6-11(10)15/h3-6,9,12H,7-8H2,1-2H3,(H,16,17)(H,18,19)/t12-/m0/s1. The quantitative estimate of drug-likeness (QED) is 0.828. The fraction of sp³-hybridized carbons (Fsp3) is 0.429. The van der Waals surface area contributed by atoms with E-state index in [-0.39, 0.29) is 17.9 Å². The van der Waals surface area contributed by atoms with E-state index in [1.165, 1.54) is 18.2 Å². The first-order valence-electron chi connectivity index (χ1n) is 6.15. The first-order chi connectivity index (χ1) is 8.90. The van der Waals surface area contributed by atoms with Gasteiger partial charge in [0.15, 0.2) is 0 Å². The molecule has 5 heteroatoms. The van der Waals surface area contributed by atoms with Gasteiger partial charge in [-0.25, -0.2) is 9.18 Å². The molecule has 4 nitrogen and oxygen atoms in total. The Morgan fingerprint density at radius 3 is 2.47 bits per heavy atom. The Morgan fingerprint density at radius 1 is 1.32 bits per heavy atom. The van der Waals surface area contributed by atoms with Crippen LogP contribution in [-0.2, 0) is 16.0 Å². The zero-order valence-corrected chi connectivity index (χ0v) is 11.0. The van der Waals surface area contributed by atoms with Crippen LogP contribution >= 0.6 is 0 Å². The lowest BCUT2D eigenvalue weighted by molar-refractivity contribution is -0.142. The van der Waals surface area contributed by atoms with E-state index in [0.29, 0.717) is 6.42 Å². The van der Waals surface area contributed by atoms with Crippen molar-refractivity contribution >= 4 is 11.9 Å². The molecule has 0 aromatic heterocycles. The number of hydrogen-bond acceptors (Lipinski definition) is 2. The second-order valence-electron chi connectivity index (χ2n) is 4.86. The summed E-state index contributed by atoms with van der Waals surface area (Å²) in [6, 6.07) is 5.02. The van der Waals surface area contributed by atoms with Gasteiger partial charge in [0.1, 0.15) is 11.9 Å². The van der Waals surface area contributed by atoms with Crippen LogP contribution in [0.3, 0.4) is 0 Å². The number of carbonyl (C=O) groups is 2. The van der Waals surface area contributed by atoms with Crippen LogP contribution in [0, 0.1) is 11.7 Å². The van der Waals surface area contributed by atoms with E-state index in [1.807, 2.05) is 13.8 Å². The number of nitrogens with one attached hydrogen (secondary N) is 1. The van der Waals surface area contributed by atoms with Crippen molar-refractivity contribution in [1.82, 2.24) is 5.32 Å². The van der Waals surface area contributed by atoms with Crippen molar-refractivity contribution in [2.75, 3.05) is 0 Å². The number of halogens is 1. The highest BCUT2D eigenvalue weighted by atomic mass is 19.1. The average molecular weight is 267 g/mol. The van der Waals surface area contributed by atoms with Gasteiger partial charge in [0.2, 0.25) is 5.91 Å². The van der Waals surface area contributed by atoms with Crippen LogP contribution in [-0.4, -0.2) is 23.0 Å². The summed E-state index contributed by atoms with van der Waals surface area (Å²) in [6.45, 7) is 3.75. The number of hydrogen-bond donors (Lipinski definition) is 2. The number of aliphatic carboxylic acids is 1. The highest BCUT2D eigenvalue weighted by molar-refractivity contribution is 5.84. The molecular formula is C14H18FNO3. The molecule has 0 saturated carbocycles. The van der Waals surface area contributed by atoms with Gasteiger partial charge in [-0.3, -0.25) is 4.79 Å². The molecule has 1 atom stereocenters. The summed E-state index contributed by atoms with van der Waals surface area (Å²) in [5.41, 5.74) is 0.258. The van der Waals surface area contributed by atoms with Gasteiger partial charge in [-0.1, -0.05) is 32.0 Å². The Bertz CT molecular complexity index is 460.